The van der Waals surface area contributed by atoms with Gasteiger partial charge in [-0.05, 0) is 49.8 Å². The van der Waals surface area contributed by atoms with Crippen LogP contribution in [0.1, 0.15) is 35.4 Å². The van der Waals surface area contributed by atoms with Crippen molar-refractivity contribution in [1.29, 1.82) is 0 Å². The molecule has 0 unspecified atom stereocenters. The lowest BCUT2D eigenvalue weighted by atomic mass is 10.1. The Morgan fingerprint density at radius 3 is 2.54 bits per heavy atom. The predicted molar refractivity (Wildman–Crippen MR) is 102 cm³/mol. The minimum absolute atomic E-state index is 0.156. The van der Waals surface area contributed by atoms with Crippen molar-refractivity contribution in [3.05, 3.63) is 35.7 Å². The molecular weight excluding hydrogens is 350 g/mol. The van der Waals surface area contributed by atoms with Crippen LogP contribution in [0, 0.1) is 0 Å². The largest absolute Gasteiger partial charge is 0.467 e. The van der Waals surface area contributed by atoms with Crippen molar-refractivity contribution < 1.29 is 9.53 Å². The van der Waals surface area contributed by atoms with Gasteiger partial charge in [-0.3, -0.25) is 4.79 Å². The summed E-state index contributed by atoms with van der Waals surface area (Å²) in [5.74, 6) is 0.952. The van der Waals surface area contributed by atoms with E-state index in [9.17, 15) is 4.79 Å². The first-order valence-electron chi connectivity index (χ1n) is 8.66. The zero-order valence-electron chi connectivity index (χ0n) is 15.1. The molecule has 0 saturated carbocycles. The van der Waals surface area contributed by atoms with Gasteiger partial charge in [0.2, 0.25) is 5.95 Å². The molecule has 0 radical (unpaired) electrons. The normalized spacial score (nSPS) is 14.2. The summed E-state index contributed by atoms with van der Waals surface area (Å²) in [5, 5.41) is 2.86. The van der Waals surface area contributed by atoms with Gasteiger partial charge in [0.1, 0.15) is 0 Å². The van der Waals surface area contributed by atoms with E-state index in [0.29, 0.717) is 17.3 Å². The number of piperidine rings is 1. The number of carbonyl (C=O) groups excluding carboxylic acids is 1. The Balaban J connectivity index is 1.68. The SMILES string of the molecule is COc1nc(CNC(=O)c2ccc(SC)cc2)nc(N2CCCCC2)n1. The minimum atomic E-state index is -0.156. The second-order valence-electron chi connectivity index (χ2n) is 6.00. The molecule has 0 bridgehead atoms. The average molecular weight is 373 g/mol. The second-order valence-corrected chi connectivity index (χ2v) is 6.88. The molecule has 2 heterocycles. The Labute approximate surface area is 157 Å². The molecule has 1 amide bonds. The topological polar surface area (TPSA) is 80.2 Å². The number of hydrogen-bond donors (Lipinski definition) is 1. The first-order chi connectivity index (χ1) is 12.7. The number of benzene rings is 1. The average Bonchev–Trinajstić information content (AvgIpc) is 2.72. The molecule has 1 N–H and O–H groups in total. The molecule has 138 valence electrons. The van der Waals surface area contributed by atoms with Gasteiger partial charge < -0.3 is 15.0 Å². The van der Waals surface area contributed by atoms with Gasteiger partial charge in [0.15, 0.2) is 5.82 Å². The van der Waals surface area contributed by atoms with E-state index >= 15 is 0 Å². The zero-order valence-corrected chi connectivity index (χ0v) is 15.9. The zero-order chi connectivity index (χ0) is 18.4. The molecule has 26 heavy (non-hydrogen) atoms. The molecule has 0 aliphatic carbocycles. The van der Waals surface area contributed by atoms with Crippen molar-refractivity contribution in [1.82, 2.24) is 20.3 Å². The number of rotatable bonds is 6. The van der Waals surface area contributed by atoms with Crippen LogP contribution in [0.4, 0.5) is 5.95 Å². The van der Waals surface area contributed by atoms with E-state index in [4.69, 9.17) is 4.74 Å². The third-order valence-electron chi connectivity index (χ3n) is 4.23. The second kappa shape index (κ2) is 8.84. The minimum Gasteiger partial charge on any atom is -0.467 e. The first kappa shape index (κ1) is 18.4. The number of nitrogens with zero attached hydrogens (tertiary/aromatic N) is 4. The summed E-state index contributed by atoms with van der Waals surface area (Å²) in [5.41, 5.74) is 0.611. The van der Waals surface area contributed by atoms with Crippen molar-refractivity contribution >= 4 is 23.6 Å². The maximum Gasteiger partial charge on any atom is 0.321 e. The maximum atomic E-state index is 12.3. The number of carbonyl (C=O) groups is 1. The van der Waals surface area contributed by atoms with Crippen LogP contribution >= 0.6 is 11.8 Å². The highest BCUT2D eigenvalue weighted by molar-refractivity contribution is 7.98. The number of aromatic nitrogens is 3. The van der Waals surface area contributed by atoms with Crippen LogP contribution in [0.15, 0.2) is 29.2 Å². The van der Waals surface area contributed by atoms with Crippen molar-refractivity contribution in [3.8, 4) is 6.01 Å². The molecule has 1 saturated heterocycles. The van der Waals surface area contributed by atoms with Crippen LogP contribution in [0.5, 0.6) is 6.01 Å². The van der Waals surface area contributed by atoms with Gasteiger partial charge in [-0.15, -0.1) is 11.8 Å². The van der Waals surface area contributed by atoms with Crippen molar-refractivity contribution in [2.75, 3.05) is 31.4 Å². The third-order valence-corrected chi connectivity index (χ3v) is 4.97. The molecule has 1 fully saturated rings. The highest BCUT2D eigenvalue weighted by atomic mass is 32.2. The van der Waals surface area contributed by atoms with Crippen LogP contribution in [0.2, 0.25) is 0 Å². The predicted octanol–water partition coefficient (Wildman–Crippen LogP) is 2.52. The quantitative estimate of drug-likeness (QED) is 0.779. The van der Waals surface area contributed by atoms with E-state index in [1.54, 1.807) is 11.8 Å². The molecule has 1 aromatic carbocycles. The summed E-state index contributed by atoms with van der Waals surface area (Å²) in [4.78, 5) is 28.7. The van der Waals surface area contributed by atoms with Gasteiger partial charge in [-0.2, -0.15) is 15.0 Å². The van der Waals surface area contributed by atoms with Crippen LogP contribution < -0.4 is 15.0 Å². The van der Waals surface area contributed by atoms with Crippen LogP contribution in [-0.4, -0.2) is 47.3 Å². The van der Waals surface area contributed by atoms with E-state index in [2.05, 4.69) is 25.2 Å². The molecule has 8 heteroatoms. The smallest absolute Gasteiger partial charge is 0.321 e. The standard InChI is InChI=1S/C18H23N5O2S/c1-25-18-21-15(20-17(22-18)23-10-4-3-5-11-23)12-19-16(24)13-6-8-14(26-2)9-7-13/h6-9H,3-5,10-12H2,1-2H3,(H,19,24). The highest BCUT2D eigenvalue weighted by Gasteiger charge is 2.17. The highest BCUT2D eigenvalue weighted by Crippen LogP contribution is 2.18. The lowest BCUT2D eigenvalue weighted by Gasteiger charge is -2.26. The number of amides is 1. The number of anilines is 1. The fourth-order valence-corrected chi connectivity index (χ4v) is 3.20. The third kappa shape index (κ3) is 4.63. The molecule has 2 aromatic rings. The number of thioether (sulfide) groups is 1. The molecular formula is C18H23N5O2S. The summed E-state index contributed by atoms with van der Waals surface area (Å²) < 4.78 is 5.20. The molecule has 1 aliphatic rings. The van der Waals surface area contributed by atoms with Crippen molar-refractivity contribution in [3.63, 3.8) is 0 Å². The Kier molecular flexibility index (Phi) is 6.27. The first-order valence-corrected chi connectivity index (χ1v) is 9.88. The Hall–Kier alpha value is -2.35. The van der Waals surface area contributed by atoms with E-state index < -0.39 is 0 Å². The van der Waals surface area contributed by atoms with E-state index in [-0.39, 0.29) is 18.5 Å². The molecule has 7 nitrogen and oxygen atoms in total. The van der Waals surface area contributed by atoms with Crippen LogP contribution in [0.3, 0.4) is 0 Å². The van der Waals surface area contributed by atoms with Crippen molar-refractivity contribution in [2.45, 2.75) is 30.7 Å². The molecule has 1 aromatic heterocycles. The van der Waals surface area contributed by atoms with E-state index in [1.165, 1.54) is 13.5 Å². The van der Waals surface area contributed by atoms with Gasteiger partial charge >= 0.3 is 6.01 Å². The number of hydrogen-bond acceptors (Lipinski definition) is 7. The number of nitrogens with one attached hydrogen (secondary N) is 1. The molecule has 3 rings (SSSR count). The molecule has 0 spiro atoms. The van der Waals surface area contributed by atoms with Gasteiger partial charge in [0.05, 0.1) is 13.7 Å². The number of ether oxygens (including phenoxy) is 1. The summed E-state index contributed by atoms with van der Waals surface area (Å²) in [6, 6.07) is 7.76. The summed E-state index contributed by atoms with van der Waals surface area (Å²) in [6.45, 7) is 2.09. The lowest BCUT2D eigenvalue weighted by molar-refractivity contribution is 0.0949. The van der Waals surface area contributed by atoms with E-state index in [0.717, 1.165) is 30.8 Å². The van der Waals surface area contributed by atoms with Gasteiger partial charge in [-0.1, -0.05) is 0 Å². The van der Waals surface area contributed by atoms with Crippen LogP contribution in [0.25, 0.3) is 0 Å². The fraction of sp³-hybridized carbons (Fsp3) is 0.444. The summed E-state index contributed by atoms with van der Waals surface area (Å²) in [6.07, 6.45) is 5.50. The maximum absolute atomic E-state index is 12.3. The Morgan fingerprint density at radius 2 is 1.88 bits per heavy atom. The summed E-state index contributed by atoms with van der Waals surface area (Å²) >= 11 is 1.64. The molecule has 0 atom stereocenters. The van der Waals surface area contributed by atoms with Gasteiger partial charge in [0.25, 0.3) is 5.91 Å². The summed E-state index contributed by atoms with van der Waals surface area (Å²) in [7, 11) is 1.53. The Bertz CT molecular complexity index is 748. The molecule has 1 aliphatic heterocycles. The number of methoxy groups -OCH3 is 1. The van der Waals surface area contributed by atoms with E-state index in [1.807, 2.05) is 30.5 Å². The van der Waals surface area contributed by atoms with Gasteiger partial charge in [-0.25, -0.2) is 0 Å². The monoisotopic (exact) mass is 373 g/mol. The fourth-order valence-electron chi connectivity index (χ4n) is 2.80. The lowest BCUT2D eigenvalue weighted by Crippen LogP contribution is -2.32. The Morgan fingerprint density at radius 1 is 1.15 bits per heavy atom. The van der Waals surface area contributed by atoms with Crippen LogP contribution in [-0.2, 0) is 6.54 Å². The van der Waals surface area contributed by atoms with Crippen molar-refractivity contribution in [2.24, 2.45) is 0 Å². The van der Waals surface area contributed by atoms with Gasteiger partial charge in [0, 0.05) is 23.5 Å².